The van der Waals surface area contributed by atoms with Gasteiger partial charge in [-0.25, -0.2) is 0 Å². The Hall–Kier alpha value is -1.59. The van der Waals surface area contributed by atoms with E-state index in [1.165, 1.54) is 7.05 Å². The predicted molar refractivity (Wildman–Crippen MR) is 39.1 cm³/mol. The number of carbonyl (C=O) groups is 3. The van der Waals surface area contributed by atoms with Crippen molar-refractivity contribution >= 4 is 17.8 Å². The van der Waals surface area contributed by atoms with Crippen molar-refractivity contribution in [1.82, 2.24) is 4.90 Å². The Kier molecular flexibility index (Phi) is 3.75. The summed E-state index contributed by atoms with van der Waals surface area (Å²) in [6.07, 6.45) is -0.621. The standard InChI is InChI=1S/C6H10N2O4/c1-8(3-4(7)9)5(10)2-6(11)12/h2-3H2,1H3,(H2,7,9)(H,11,12). The van der Waals surface area contributed by atoms with Gasteiger partial charge in [-0.2, -0.15) is 0 Å². The van der Waals surface area contributed by atoms with Gasteiger partial charge in [-0.05, 0) is 0 Å². The molecule has 2 amide bonds. The molecule has 0 aromatic rings. The van der Waals surface area contributed by atoms with Crippen LogP contribution in [0.4, 0.5) is 0 Å². The van der Waals surface area contributed by atoms with Gasteiger partial charge in [0.15, 0.2) is 0 Å². The Morgan fingerprint density at radius 2 is 1.92 bits per heavy atom. The van der Waals surface area contributed by atoms with Crippen LogP contribution in [0.25, 0.3) is 0 Å². The summed E-state index contributed by atoms with van der Waals surface area (Å²) in [5, 5.41) is 8.20. The largest absolute Gasteiger partial charge is 0.481 e. The predicted octanol–water partition coefficient (Wildman–Crippen LogP) is -1.60. The van der Waals surface area contributed by atoms with Crippen molar-refractivity contribution in [1.29, 1.82) is 0 Å². The summed E-state index contributed by atoms with van der Waals surface area (Å²) in [6.45, 7) is -0.258. The van der Waals surface area contributed by atoms with Crippen LogP contribution in [-0.2, 0) is 14.4 Å². The molecule has 0 bridgehead atoms. The van der Waals surface area contributed by atoms with E-state index < -0.39 is 24.2 Å². The molecule has 0 fully saturated rings. The second-order valence-corrected chi connectivity index (χ2v) is 2.29. The van der Waals surface area contributed by atoms with Crippen molar-refractivity contribution in [2.24, 2.45) is 5.73 Å². The smallest absolute Gasteiger partial charge is 0.312 e. The summed E-state index contributed by atoms with van der Waals surface area (Å²) in [5.74, 6) is -2.53. The topological polar surface area (TPSA) is 101 Å². The van der Waals surface area contributed by atoms with Crippen LogP contribution >= 0.6 is 0 Å². The summed E-state index contributed by atoms with van der Waals surface area (Å²) < 4.78 is 0. The molecule has 0 spiro atoms. The van der Waals surface area contributed by atoms with Gasteiger partial charge in [0.2, 0.25) is 11.8 Å². The first-order valence-electron chi connectivity index (χ1n) is 3.17. The Bertz CT molecular complexity index is 214. The summed E-state index contributed by atoms with van der Waals surface area (Å²) in [7, 11) is 1.32. The average Bonchev–Trinajstić information content (AvgIpc) is 1.84. The van der Waals surface area contributed by atoms with E-state index >= 15 is 0 Å². The van der Waals surface area contributed by atoms with E-state index in [-0.39, 0.29) is 6.54 Å². The number of carboxylic acids is 1. The van der Waals surface area contributed by atoms with Gasteiger partial charge in [-0.15, -0.1) is 0 Å². The van der Waals surface area contributed by atoms with E-state index in [1.54, 1.807) is 0 Å². The lowest BCUT2D eigenvalue weighted by Crippen LogP contribution is -2.36. The summed E-state index contributed by atoms with van der Waals surface area (Å²) >= 11 is 0. The highest BCUT2D eigenvalue weighted by Crippen LogP contribution is 1.89. The molecular formula is C6H10N2O4. The molecule has 6 heteroatoms. The second kappa shape index (κ2) is 4.32. The number of rotatable bonds is 4. The van der Waals surface area contributed by atoms with Gasteiger partial charge >= 0.3 is 5.97 Å². The molecule has 0 aliphatic carbocycles. The van der Waals surface area contributed by atoms with Crippen LogP contribution in [0.3, 0.4) is 0 Å². The zero-order chi connectivity index (χ0) is 9.72. The van der Waals surface area contributed by atoms with Crippen molar-refractivity contribution in [2.45, 2.75) is 6.42 Å². The maximum atomic E-state index is 10.8. The highest BCUT2D eigenvalue weighted by molar-refractivity contribution is 5.94. The Labute approximate surface area is 68.9 Å². The number of primary amides is 1. The second-order valence-electron chi connectivity index (χ2n) is 2.29. The van der Waals surface area contributed by atoms with Crippen LogP contribution in [0, 0.1) is 0 Å². The Balaban J connectivity index is 3.93. The Morgan fingerprint density at radius 3 is 2.25 bits per heavy atom. The van der Waals surface area contributed by atoms with E-state index in [0.717, 1.165) is 4.90 Å². The molecule has 0 aliphatic heterocycles. The van der Waals surface area contributed by atoms with Crippen molar-refractivity contribution in [3.63, 3.8) is 0 Å². The molecule has 0 aliphatic rings. The normalized spacial score (nSPS) is 9.08. The quantitative estimate of drug-likeness (QED) is 0.501. The van der Waals surface area contributed by atoms with Crippen molar-refractivity contribution in [3.8, 4) is 0 Å². The van der Waals surface area contributed by atoms with Gasteiger partial charge in [0, 0.05) is 7.05 Å². The molecule has 0 rings (SSSR count). The summed E-state index contributed by atoms with van der Waals surface area (Å²) in [4.78, 5) is 32.1. The number of nitrogens with two attached hydrogens (primary N) is 1. The van der Waals surface area contributed by atoms with Crippen LogP contribution in [0.1, 0.15) is 6.42 Å². The highest BCUT2D eigenvalue weighted by atomic mass is 16.4. The van der Waals surface area contributed by atoms with Crippen molar-refractivity contribution in [2.75, 3.05) is 13.6 Å². The number of hydrogen-bond acceptors (Lipinski definition) is 3. The van der Waals surface area contributed by atoms with Gasteiger partial charge < -0.3 is 15.7 Å². The van der Waals surface area contributed by atoms with Crippen LogP contribution in [0.5, 0.6) is 0 Å². The zero-order valence-electron chi connectivity index (χ0n) is 6.61. The van der Waals surface area contributed by atoms with Crippen LogP contribution in [-0.4, -0.2) is 41.4 Å². The number of carboxylic acid groups (broad SMARTS) is 1. The number of likely N-dealkylation sites (N-methyl/N-ethyl adjacent to an activating group) is 1. The SMILES string of the molecule is CN(CC(N)=O)C(=O)CC(=O)O. The van der Waals surface area contributed by atoms with Gasteiger partial charge in [-0.1, -0.05) is 0 Å². The van der Waals surface area contributed by atoms with Gasteiger partial charge in [0.1, 0.15) is 6.42 Å². The monoisotopic (exact) mass is 174 g/mol. The zero-order valence-corrected chi connectivity index (χ0v) is 6.61. The van der Waals surface area contributed by atoms with Gasteiger partial charge in [0.05, 0.1) is 6.54 Å². The molecule has 0 unspecified atom stereocenters. The first-order chi connectivity index (χ1) is 5.43. The molecule has 0 aromatic carbocycles. The lowest BCUT2D eigenvalue weighted by molar-refractivity contribution is -0.144. The fourth-order valence-corrected chi connectivity index (χ4v) is 0.586. The van der Waals surface area contributed by atoms with Gasteiger partial charge in [-0.3, -0.25) is 14.4 Å². The third kappa shape index (κ3) is 4.26. The van der Waals surface area contributed by atoms with E-state index in [2.05, 4.69) is 0 Å². The molecule has 6 nitrogen and oxygen atoms in total. The molecule has 0 saturated carbocycles. The molecule has 3 N–H and O–H groups in total. The average molecular weight is 174 g/mol. The van der Waals surface area contributed by atoms with E-state index in [9.17, 15) is 14.4 Å². The molecule has 68 valence electrons. The van der Waals surface area contributed by atoms with E-state index in [4.69, 9.17) is 10.8 Å². The van der Waals surface area contributed by atoms with E-state index in [1.807, 2.05) is 0 Å². The maximum absolute atomic E-state index is 10.8. The van der Waals surface area contributed by atoms with E-state index in [0.29, 0.717) is 0 Å². The maximum Gasteiger partial charge on any atom is 0.312 e. The minimum absolute atomic E-state index is 0.258. The molecule has 0 radical (unpaired) electrons. The summed E-state index contributed by atoms with van der Waals surface area (Å²) in [6, 6.07) is 0. The van der Waals surface area contributed by atoms with Crippen LogP contribution in [0.15, 0.2) is 0 Å². The molecule has 0 heterocycles. The number of nitrogens with zero attached hydrogens (tertiary/aromatic N) is 1. The number of hydrogen-bond donors (Lipinski definition) is 2. The fraction of sp³-hybridized carbons (Fsp3) is 0.500. The molecule has 0 saturated heterocycles. The molecule has 0 atom stereocenters. The number of amides is 2. The summed E-state index contributed by atoms with van der Waals surface area (Å²) in [5.41, 5.74) is 4.78. The number of aliphatic carboxylic acids is 1. The fourth-order valence-electron chi connectivity index (χ4n) is 0.586. The lowest BCUT2D eigenvalue weighted by Gasteiger charge is -2.12. The van der Waals surface area contributed by atoms with Gasteiger partial charge in [0.25, 0.3) is 0 Å². The number of carbonyl (C=O) groups excluding carboxylic acids is 2. The minimum atomic E-state index is -1.23. The van der Waals surface area contributed by atoms with Crippen molar-refractivity contribution in [3.05, 3.63) is 0 Å². The minimum Gasteiger partial charge on any atom is -0.481 e. The first kappa shape index (κ1) is 10.4. The van der Waals surface area contributed by atoms with Crippen LogP contribution < -0.4 is 5.73 Å². The Morgan fingerprint density at radius 1 is 1.42 bits per heavy atom. The van der Waals surface area contributed by atoms with Crippen LogP contribution in [0.2, 0.25) is 0 Å². The van der Waals surface area contributed by atoms with Crippen molar-refractivity contribution < 1.29 is 19.5 Å². The lowest BCUT2D eigenvalue weighted by atomic mass is 10.3. The molecular weight excluding hydrogens is 164 g/mol. The third-order valence-corrected chi connectivity index (χ3v) is 1.12. The first-order valence-corrected chi connectivity index (χ1v) is 3.17. The highest BCUT2D eigenvalue weighted by Gasteiger charge is 2.13. The third-order valence-electron chi connectivity index (χ3n) is 1.12. The molecule has 12 heavy (non-hydrogen) atoms. The molecule has 0 aromatic heterocycles.